The van der Waals surface area contributed by atoms with Gasteiger partial charge >= 0.3 is 0 Å². The number of rotatable bonds is 10. The van der Waals surface area contributed by atoms with Crippen molar-refractivity contribution in [2.24, 2.45) is 0 Å². The number of benzene rings is 2. The van der Waals surface area contributed by atoms with Crippen LogP contribution in [0.1, 0.15) is 39.5 Å². The lowest BCUT2D eigenvalue weighted by atomic mass is 10.1. The van der Waals surface area contributed by atoms with Crippen molar-refractivity contribution in [3.63, 3.8) is 0 Å². The van der Waals surface area contributed by atoms with Gasteiger partial charge in [0.25, 0.3) is 0 Å². The molecule has 2 N–H and O–H groups in total. The summed E-state index contributed by atoms with van der Waals surface area (Å²) in [6, 6.07) is 13.1. The van der Waals surface area contributed by atoms with E-state index in [4.69, 9.17) is 0 Å². The minimum atomic E-state index is 0.925. The first kappa shape index (κ1) is 24.0. The minimum Gasteiger partial charge on any atom is -0.369 e. The lowest BCUT2D eigenvalue weighted by Gasteiger charge is -2.37. The Balaban J connectivity index is 1.26. The molecule has 2 aromatic heterocycles. The second-order valence-corrected chi connectivity index (χ2v) is 9.38. The Bertz CT molecular complexity index is 1200. The standard InChI is InChI=1S/C28H36N8/c1-3-5-11-29-27-23-9-7-21(17-25(23)31-19-33-27)35-13-15-36(16-14-35)22-8-10-24-26(18-22)32-20-34-28(24)30-12-6-4-2/h7-10,17-20H,3-6,11-16H2,1-2H3,(H,29,31,33)(H,30,32,34). The highest BCUT2D eigenvalue weighted by molar-refractivity contribution is 5.92. The predicted octanol–water partition coefficient (Wildman–Crippen LogP) is 5.32. The van der Waals surface area contributed by atoms with Crippen molar-refractivity contribution in [1.29, 1.82) is 0 Å². The van der Waals surface area contributed by atoms with Crippen LogP contribution < -0.4 is 20.4 Å². The van der Waals surface area contributed by atoms with Gasteiger partial charge in [-0.3, -0.25) is 0 Å². The first-order valence-corrected chi connectivity index (χ1v) is 13.2. The van der Waals surface area contributed by atoms with Crippen LogP contribution in [-0.2, 0) is 0 Å². The highest BCUT2D eigenvalue weighted by atomic mass is 15.3. The molecule has 3 heterocycles. The minimum absolute atomic E-state index is 0.925. The molecule has 0 bridgehead atoms. The second-order valence-electron chi connectivity index (χ2n) is 9.38. The van der Waals surface area contributed by atoms with E-state index in [0.29, 0.717) is 0 Å². The molecule has 36 heavy (non-hydrogen) atoms. The molecule has 8 nitrogen and oxygen atoms in total. The monoisotopic (exact) mass is 484 g/mol. The van der Waals surface area contributed by atoms with Crippen LogP contribution in [0.25, 0.3) is 21.8 Å². The van der Waals surface area contributed by atoms with Gasteiger partial charge in [0.1, 0.15) is 24.3 Å². The number of piperazine rings is 1. The molecule has 0 aliphatic carbocycles. The largest absolute Gasteiger partial charge is 0.369 e. The first-order valence-electron chi connectivity index (χ1n) is 13.2. The van der Waals surface area contributed by atoms with Crippen molar-refractivity contribution in [3.8, 4) is 0 Å². The van der Waals surface area contributed by atoms with Crippen LogP contribution in [0.3, 0.4) is 0 Å². The number of hydrogen-bond donors (Lipinski definition) is 2. The van der Waals surface area contributed by atoms with Gasteiger partial charge in [0.05, 0.1) is 11.0 Å². The third-order valence-electron chi connectivity index (χ3n) is 6.90. The third-order valence-corrected chi connectivity index (χ3v) is 6.90. The van der Waals surface area contributed by atoms with Gasteiger partial charge in [-0.05, 0) is 49.2 Å². The van der Waals surface area contributed by atoms with Gasteiger partial charge in [0.15, 0.2) is 0 Å². The number of aromatic nitrogens is 4. The summed E-state index contributed by atoms with van der Waals surface area (Å²) in [6.07, 6.45) is 7.91. The molecule has 0 amide bonds. The maximum atomic E-state index is 4.54. The molecule has 1 saturated heterocycles. The lowest BCUT2D eigenvalue weighted by molar-refractivity contribution is 0.654. The summed E-state index contributed by atoms with van der Waals surface area (Å²) in [6.45, 7) is 10.1. The van der Waals surface area contributed by atoms with Gasteiger partial charge in [-0.25, -0.2) is 19.9 Å². The molecule has 0 atom stereocenters. The van der Waals surface area contributed by atoms with Crippen molar-refractivity contribution < 1.29 is 0 Å². The predicted molar refractivity (Wildman–Crippen MR) is 150 cm³/mol. The van der Waals surface area contributed by atoms with Crippen LogP contribution in [0.2, 0.25) is 0 Å². The molecule has 0 radical (unpaired) electrons. The molecule has 4 aromatic rings. The number of nitrogens with zero attached hydrogens (tertiary/aromatic N) is 6. The molecule has 0 unspecified atom stereocenters. The summed E-state index contributed by atoms with van der Waals surface area (Å²) < 4.78 is 0. The third kappa shape index (κ3) is 5.27. The number of hydrogen-bond acceptors (Lipinski definition) is 8. The zero-order chi connectivity index (χ0) is 24.7. The summed E-state index contributed by atoms with van der Waals surface area (Å²) in [5.74, 6) is 1.85. The van der Waals surface area contributed by atoms with Crippen LogP contribution in [0.4, 0.5) is 23.0 Å². The number of unbranched alkanes of at least 4 members (excludes halogenated alkanes) is 2. The Morgan fingerprint density at radius 1 is 0.639 bits per heavy atom. The molecule has 0 saturated carbocycles. The van der Waals surface area contributed by atoms with Crippen molar-refractivity contribution in [3.05, 3.63) is 49.1 Å². The molecule has 1 fully saturated rings. The molecule has 1 aliphatic heterocycles. The van der Waals surface area contributed by atoms with Crippen LogP contribution in [0, 0.1) is 0 Å². The quantitative estimate of drug-likeness (QED) is 0.293. The molecular formula is C28H36N8. The first-order chi connectivity index (χ1) is 17.8. The van der Waals surface area contributed by atoms with Gasteiger partial charge in [-0.1, -0.05) is 26.7 Å². The second kappa shape index (κ2) is 11.4. The van der Waals surface area contributed by atoms with E-state index < -0.39 is 0 Å². The molecule has 8 heteroatoms. The average molecular weight is 485 g/mol. The Hall–Kier alpha value is -3.68. The van der Waals surface area contributed by atoms with Crippen molar-refractivity contribution in [2.75, 3.05) is 59.7 Å². The maximum absolute atomic E-state index is 4.54. The summed E-state index contributed by atoms with van der Waals surface area (Å²) in [7, 11) is 0. The fourth-order valence-corrected chi connectivity index (χ4v) is 4.76. The van der Waals surface area contributed by atoms with Crippen molar-refractivity contribution in [2.45, 2.75) is 39.5 Å². The van der Waals surface area contributed by atoms with Crippen LogP contribution in [-0.4, -0.2) is 59.2 Å². The zero-order valence-corrected chi connectivity index (χ0v) is 21.4. The maximum Gasteiger partial charge on any atom is 0.137 e. The van der Waals surface area contributed by atoms with E-state index in [0.717, 1.165) is 98.4 Å². The highest BCUT2D eigenvalue weighted by Gasteiger charge is 2.19. The van der Waals surface area contributed by atoms with Gasteiger partial charge in [0, 0.05) is 61.4 Å². The van der Waals surface area contributed by atoms with Gasteiger partial charge in [-0.15, -0.1) is 0 Å². The van der Waals surface area contributed by atoms with E-state index >= 15 is 0 Å². The van der Waals surface area contributed by atoms with E-state index in [9.17, 15) is 0 Å². The van der Waals surface area contributed by atoms with E-state index in [1.54, 1.807) is 12.7 Å². The Kier molecular flexibility index (Phi) is 7.59. The van der Waals surface area contributed by atoms with E-state index in [-0.39, 0.29) is 0 Å². The average Bonchev–Trinajstić information content (AvgIpc) is 2.93. The van der Waals surface area contributed by atoms with Gasteiger partial charge < -0.3 is 20.4 Å². The lowest BCUT2D eigenvalue weighted by Crippen LogP contribution is -2.46. The van der Waals surface area contributed by atoms with Crippen LogP contribution in [0.5, 0.6) is 0 Å². The summed E-state index contributed by atoms with van der Waals surface area (Å²) >= 11 is 0. The van der Waals surface area contributed by atoms with Crippen molar-refractivity contribution in [1.82, 2.24) is 19.9 Å². The number of fused-ring (bicyclic) bond motifs is 2. The topological polar surface area (TPSA) is 82.1 Å². The molecule has 1 aliphatic rings. The van der Waals surface area contributed by atoms with Crippen LogP contribution >= 0.6 is 0 Å². The van der Waals surface area contributed by atoms with E-state index in [1.165, 1.54) is 11.4 Å². The number of nitrogens with one attached hydrogen (secondary N) is 2. The highest BCUT2D eigenvalue weighted by Crippen LogP contribution is 2.28. The molecule has 5 rings (SSSR count). The molecular weight excluding hydrogens is 448 g/mol. The molecule has 0 spiro atoms. The fourth-order valence-electron chi connectivity index (χ4n) is 4.76. The van der Waals surface area contributed by atoms with Crippen molar-refractivity contribution >= 4 is 44.8 Å². The SMILES string of the molecule is CCCCNc1ncnc2cc(N3CCN(c4ccc5c(NCCCC)ncnc5c4)CC3)ccc12. The van der Waals surface area contributed by atoms with Gasteiger partial charge in [-0.2, -0.15) is 0 Å². The van der Waals surface area contributed by atoms with Gasteiger partial charge in [0.2, 0.25) is 0 Å². The fraction of sp³-hybridized carbons (Fsp3) is 0.429. The van der Waals surface area contributed by atoms with E-state index in [1.807, 2.05) is 0 Å². The summed E-state index contributed by atoms with van der Waals surface area (Å²) in [5, 5.41) is 9.07. The Morgan fingerprint density at radius 2 is 1.08 bits per heavy atom. The number of anilines is 4. The molecule has 2 aromatic carbocycles. The normalized spacial score (nSPS) is 13.9. The smallest absolute Gasteiger partial charge is 0.137 e. The zero-order valence-electron chi connectivity index (χ0n) is 21.4. The van der Waals surface area contributed by atoms with Crippen LogP contribution in [0.15, 0.2) is 49.1 Å². The summed E-state index contributed by atoms with van der Waals surface area (Å²) in [5.41, 5.74) is 4.41. The van der Waals surface area contributed by atoms with E-state index in [2.05, 4.69) is 90.6 Å². The Morgan fingerprint density at radius 3 is 1.50 bits per heavy atom. The summed E-state index contributed by atoms with van der Waals surface area (Å²) in [4.78, 5) is 22.9. The molecule has 188 valence electrons. The Labute approximate surface area is 213 Å².